The molecule has 0 aliphatic heterocycles. The van der Waals surface area contributed by atoms with Crippen LogP contribution >= 0.6 is 0 Å². The van der Waals surface area contributed by atoms with E-state index in [9.17, 15) is 9.59 Å². The maximum absolute atomic E-state index is 13.7. The molecule has 3 aromatic carbocycles. The lowest BCUT2D eigenvalue weighted by atomic mass is 9.98. The monoisotopic (exact) mass is 568 g/mol. The molecule has 0 amide bonds. The maximum atomic E-state index is 13.7. The van der Waals surface area contributed by atoms with E-state index < -0.39 is 0 Å². The summed E-state index contributed by atoms with van der Waals surface area (Å²) < 4.78 is 19.2. The molecular weight excluding hydrogens is 536 g/mol. The lowest BCUT2D eigenvalue weighted by Crippen LogP contribution is -2.26. The zero-order chi connectivity index (χ0) is 29.5. The minimum atomic E-state index is -0.367. The molecule has 2 aromatic heterocycles. The molecule has 5 aromatic rings. The Morgan fingerprint density at radius 1 is 0.976 bits per heavy atom. The number of rotatable bonds is 12. The molecule has 0 unspecified atom stereocenters. The highest BCUT2D eigenvalue weighted by Crippen LogP contribution is 2.31. The predicted molar refractivity (Wildman–Crippen MR) is 157 cm³/mol. The van der Waals surface area contributed by atoms with Gasteiger partial charge in [-0.15, -0.1) is 5.10 Å². The Morgan fingerprint density at radius 2 is 1.76 bits per heavy atom. The highest BCUT2D eigenvalue weighted by atomic mass is 16.6. The van der Waals surface area contributed by atoms with Crippen LogP contribution in [0.2, 0.25) is 0 Å². The number of hydrogen-bond donors (Lipinski definition) is 0. The van der Waals surface area contributed by atoms with Crippen molar-refractivity contribution >= 4 is 16.9 Å². The Labute approximate surface area is 242 Å². The van der Waals surface area contributed by atoms with Gasteiger partial charge in [0.05, 0.1) is 17.4 Å². The van der Waals surface area contributed by atoms with Gasteiger partial charge < -0.3 is 14.2 Å². The second-order valence-corrected chi connectivity index (χ2v) is 9.70. The van der Waals surface area contributed by atoms with E-state index in [1.807, 2.05) is 48.5 Å². The van der Waals surface area contributed by atoms with E-state index >= 15 is 0 Å². The van der Waals surface area contributed by atoms with Gasteiger partial charge in [-0.05, 0) is 51.7 Å². The number of carbonyl (C=O) groups excluding carboxylic acids is 1. The quantitative estimate of drug-likeness (QED) is 0.160. The first kappa shape index (κ1) is 28.6. The molecule has 11 nitrogen and oxygen atoms in total. The second kappa shape index (κ2) is 13.2. The zero-order valence-electron chi connectivity index (χ0n) is 23.8. The predicted octanol–water partition coefficient (Wildman–Crippen LogP) is 4.26. The minimum Gasteiger partial charge on any atom is -0.490 e. The first-order chi connectivity index (χ1) is 20.5. The van der Waals surface area contributed by atoms with E-state index in [0.29, 0.717) is 35.4 Å². The molecule has 42 heavy (non-hydrogen) atoms. The van der Waals surface area contributed by atoms with Gasteiger partial charge in [0.15, 0.2) is 5.82 Å². The molecule has 0 saturated heterocycles. The fourth-order valence-corrected chi connectivity index (χ4v) is 4.77. The number of esters is 1. The van der Waals surface area contributed by atoms with Gasteiger partial charge >= 0.3 is 5.97 Å². The van der Waals surface area contributed by atoms with Crippen LogP contribution < -0.4 is 10.3 Å². The van der Waals surface area contributed by atoms with Crippen molar-refractivity contribution in [3.63, 3.8) is 0 Å². The van der Waals surface area contributed by atoms with Crippen molar-refractivity contribution in [2.45, 2.75) is 40.0 Å². The van der Waals surface area contributed by atoms with Crippen molar-refractivity contribution in [2.75, 3.05) is 20.3 Å². The van der Waals surface area contributed by atoms with E-state index in [4.69, 9.17) is 19.2 Å². The van der Waals surface area contributed by atoms with Gasteiger partial charge in [-0.3, -0.25) is 14.2 Å². The highest BCUT2D eigenvalue weighted by molar-refractivity contribution is 5.81. The number of nitrogens with zero attached hydrogens (tertiary/aromatic N) is 6. The lowest BCUT2D eigenvalue weighted by Gasteiger charge is -2.15. The molecule has 2 heterocycles. The summed E-state index contributed by atoms with van der Waals surface area (Å²) in [6.07, 6.45) is 1.53. The molecule has 0 atom stereocenters. The number of tetrazole rings is 1. The van der Waals surface area contributed by atoms with Crippen molar-refractivity contribution < 1.29 is 19.0 Å². The summed E-state index contributed by atoms with van der Waals surface area (Å²) in [5.74, 6) is 1.50. The Kier molecular flexibility index (Phi) is 8.98. The standard InChI is InChI=1S/C31H32N6O5/c1-4-7-29-32-28-15-14-24(42-17-16-41-21(2)38)18-27(28)31(39)36(29)19-22-10-12-23(13-11-22)25-8-5-6-9-26(25)30-33-34-35-37(30)20-40-3/h5-6,8-15,18H,4,7,16-17,19-20H2,1-3H3. The number of benzene rings is 3. The van der Waals surface area contributed by atoms with Crippen molar-refractivity contribution in [3.05, 3.63) is 88.5 Å². The number of aromatic nitrogens is 6. The van der Waals surface area contributed by atoms with Gasteiger partial charge in [-0.25, -0.2) is 4.98 Å². The number of ether oxygens (including phenoxy) is 3. The van der Waals surface area contributed by atoms with Crippen LogP contribution in [0.5, 0.6) is 5.75 Å². The third-order valence-electron chi connectivity index (χ3n) is 6.69. The normalized spacial score (nSPS) is 11.1. The van der Waals surface area contributed by atoms with Crippen LogP contribution in [0.15, 0.2) is 71.5 Å². The number of fused-ring (bicyclic) bond motifs is 1. The van der Waals surface area contributed by atoms with Crippen LogP contribution in [0.4, 0.5) is 0 Å². The number of methoxy groups -OCH3 is 1. The fraction of sp³-hybridized carbons (Fsp3) is 0.290. The van der Waals surface area contributed by atoms with E-state index in [2.05, 4.69) is 22.4 Å². The van der Waals surface area contributed by atoms with E-state index in [1.54, 1.807) is 34.6 Å². The van der Waals surface area contributed by atoms with Crippen LogP contribution in [0.25, 0.3) is 33.4 Å². The molecule has 5 rings (SSSR count). The van der Waals surface area contributed by atoms with Crippen LogP contribution in [-0.4, -0.2) is 56.1 Å². The summed E-state index contributed by atoms with van der Waals surface area (Å²) in [5.41, 5.74) is 4.32. The van der Waals surface area contributed by atoms with E-state index in [1.165, 1.54) is 6.92 Å². The molecule has 0 bridgehead atoms. The molecule has 0 N–H and O–H groups in total. The Bertz CT molecular complexity index is 1750. The van der Waals surface area contributed by atoms with Crippen molar-refractivity contribution in [1.82, 2.24) is 29.8 Å². The Morgan fingerprint density at radius 3 is 2.50 bits per heavy atom. The molecule has 0 aliphatic carbocycles. The van der Waals surface area contributed by atoms with Gasteiger partial charge in [0.1, 0.15) is 31.5 Å². The van der Waals surface area contributed by atoms with Crippen molar-refractivity contribution in [1.29, 1.82) is 0 Å². The summed E-state index contributed by atoms with van der Waals surface area (Å²) in [6.45, 7) is 4.36. The largest absolute Gasteiger partial charge is 0.490 e. The van der Waals surface area contributed by atoms with E-state index in [0.717, 1.165) is 34.5 Å². The van der Waals surface area contributed by atoms with Crippen LogP contribution in [0.1, 0.15) is 31.7 Å². The molecule has 0 aliphatic rings. The van der Waals surface area contributed by atoms with Crippen LogP contribution in [-0.2, 0) is 34.0 Å². The van der Waals surface area contributed by atoms with Gasteiger partial charge in [0.25, 0.3) is 5.56 Å². The zero-order valence-corrected chi connectivity index (χ0v) is 23.8. The summed E-state index contributed by atoms with van der Waals surface area (Å²) in [6, 6.07) is 21.3. The van der Waals surface area contributed by atoms with Crippen LogP contribution in [0, 0.1) is 0 Å². The minimum absolute atomic E-state index is 0.131. The SMILES string of the molecule is CCCc1nc2ccc(OCCOC(C)=O)cc2c(=O)n1Cc1ccc(-c2ccccc2-c2nnnn2COC)cc1. The summed E-state index contributed by atoms with van der Waals surface area (Å²) in [4.78, 5) is 29.5. The van der Waals surface area contributed by atoms with Gasteiger partial charge in [0, 0.05) is 26.0 Å². The smallest absolute Gasteiger partial charge is 0.302 e. The second-order valence-electron chi connectivity index (χ2n) is 9.70. The molecule has 0 saturated carbocycles. The average molecular weight is 569 g/mol. The van der Waals surface area contributed by atoms with Crippen molar-refractivity contribution in [2.24, 2.45) is 0 Å². The third-order valence-corrected chi connectivity index (χ3v) is 6.69. The highest BCUT2D eigenvalue weighted by Gasteiger charge is 2.15. The molecule has 11 heteroatoms. The van der Waals surface area contributed by atoms with E-state index in [-0.39, 0.29) is 31.5 Å². The average Bonchev–Trinajstić information content (AvgIpc) is 3.46. The third kappa shape index (κ3) is 6.36. The topological polar surface area (TPSA) is 123 Å². The van der Waals surface area contributed by atoms with Crippen LogP contribution in [0.3, 0.4) is 0 Å². The van der Waals surface area contributed by atoms with Gasteiger partial charge in [-0.2, -0.15) is 4.68 Å². The molecule has 0 radical (unpaired) electrons. The summed E-state index contributed by atoms with van der Waals surface area (Å²) in [5, 5.41) is 12.5. The molecular formula is C31H32N6O5. The molecule has 0 spiro atoms. The lowest BCUT2D eigenvalue weighted by molar-refractivity contribution is -0.141. The summed E-state index contributed by atoms with van der Waals surface area (Å²) in [7, 11) is 1.60. The number of hydrogen-bond acceptors (Lipinski definition) is 9. The van der Waals surface area contributed by atoms with Crippen molar-refractivity contribution in [3.8, 4) is 28.3 Å². The molecule has 0 fully saturated rings. The maximum Gasteiger partial charge on any atom is 0.302 e. The number of carbonyl (C=O) groups is 1. The number of aryl methyl sites for hydroxylation is 1. The Balaban J connectivity index is 1.43. The molecule has 216 valence electrons. The van der Waals surface area contributed by atoms with Gasteiger partial charge in [0.2, 0.25) is 0 Å². The fourth-order valence-electron chi connectivity index (χ4n) is 4.77. The first-order valence-corrected chi connectivity index (χ1v) is 13.7. The van der Waals surface area contributed by atoms with Gasteiger partial charge in [-0.1, -0.05) is 55.5 Å². The first-order valence-electron chi connectivity index (χ1n) is 13.7. The Hall–Kier alpha value is -4.90. The summed E-state index contributed by atoms with van der Waals surface area (Å²) >= 11 is 0.